The maximum atomic E-state index is 11.7. The van der Waals surface area contributed by atoms with Crippen LogP contribution in [0.5, 0.6) is 0 Å². The summed E-state index contributed by atoms with van der Waals surface area (Å²) in [7, 11) is 1.56. The molecule has 0 saturated carbocycles. The average molecular weight is 215 g/mol. The summed E-state index contributed by atoms with van der Waals surface area (Å²) in [6, 6.07) is 0. The number of rotatable bonds is 2. The summed E-state index contributed by atoms with van der Waals surface area (Å²) in [4.78, 5) is 13.4. The van der Waals surface area contributed by atoms with E-state index in [0.717, 1.165) is 25.9 Å². The van der Waals surface area contributed by atoms with Gasteiger partial charge >= 0.3 is 6.09 Å². The van der Waals surface area contributed by atoms with Crippen LogP contribution in [0.15, 0.2) is 0 Å². The Kier molecular flexibility index (Phi) is 3.97. The molecule has 1 unspecified atom stereocenters. The van der Waals surface area contributed by atoms with Crippen LogP contribution in [0.2, 0.25) is 0 Å². The number of hydrogen-bond donors (Lipinski definition) is 0. The molecule has 1 atom stereocenters. The van der Waals surface area contributed by atoms with Crippen LogP contribution in [0.4, 0.5) is 4.79 Å². The minimum absolute atomic E-state index is 0.190. The first-order valence-electron chi connectivity index (χ1n) is 5.43. The van der Waals surface area contributed by atoms with Crippen molar-refractivity contribution in [3.63, 3.8) is 0 Å². The second-order valence-corrected chi connectivity index (χ2v) is 5.01. The van der Waals surface area contributed by atoms with Gasteiger partial charge in [-0.2, -0.15) is 0 Å². The van der Waals surface area contributed by atoms with Crippen LogP contribution < -0.4 is 0 Å². The molecule has 1 aliphatic heterocycles. The minimum atomic E-state index is -0.481. The summed E-state index contributed by atoms with van der Waals surface area (Å²) >= 11 is 0. The van der Waals surface area contributed by atoms with Gasteiger partial charge in [-0.3, -0.25) is 0 Å². The molecule has 1 fully saturated rings. The van der Waals surface area contributed by atoms with E-state index in [1.54, 1.807) is 12.0 Å². The highest BCUT2D eigenvalue weighted by molar-refractivity contribution is 5.68. The van der Waals surface area contributed by atoms with Crippen molar-refractivity contribution in [1.29, 1.82) is 0 Å². The van der Waals surface area contributed by atoms with E-state index >= 15 is 0 Å². The Labute approximate surface area is 91.5 Å². The van der Waals surface area contributed by atoms with Crippen LogP contribution in [-0.2, 0) is 9.47 Å². The highest BCUT2D eigenvalue weighted by Crippen LogP contribution is 2.24. The molecular weight excluding hydrogens is 194 g/mol. The van der Waals surface area contributed by atoms with Gasteiger partial charge in [0.05, 0.1) is 0 Å². The van der Waals surface area contributed by atoms with Gasteiger partial charge in [0.1, 0.15) is 0 Å². The van der Waals surface area contributed by atoms with Crippen LogP contribution >= 0.6 is 0 Å². The van der Waals surface area contributed by atoms with Gasteiger partial charge in [0.25, 0.3) is 0 Å². The van der Waals surface area contributed by atoms with Gasteiger partial charge in [0, 0.05) is 25.6 Å². The second-order valence-electron chi connectivity index (χ2n) is 5.01. The zero-order chi connectivity index (χ0) is 11.5. The van der Waals surface area contributed by atoms with E-state index in [-0.39, 0.29) is 11.5 Å². The number of methoxy groups -OCH3 is 1. The zero-order valence-electron chi connectivity index (χ0n) is 10.1. The molecule has 1 aliphatic rings. The van der Waals surface area contributed by atoms with Crippen molar-refractivity contribution in [2.45, 2.75) is 39.9 Å². The lowest BCUT2D eigenvalue weighted by atomic mass is 9.96. The summed E-state index contributed by atoms with van der Waals surface area (Å²) in [6.45, 7) is 7.56. The van der Waals surface area contributed by atoms with Crippen molar-refractivity contribution in [2.24, 2.45) is 5.41 Å². The summed E-state index contributed by atoms with van der Waals surface area (Å²) in [5, 5.41) is 0. The van der Waals surface area contributed by atoms with Crippen molar-refractivity contribution in [2.75, 3.05) is 20.2 Å². The molecule has 4 heteroatoms. The van der Waals surface area contributed by atoms with Gasteiger partial charge in [-0.05, 0) is 12.8 Å². The Morgan fingerprint density at radius 2 is 1.80 bits per heavy atom. The van der Waals surface area contributed by atoms with Gasteiger partial charge in [-0.1, -0.05) is 20.8 Å². The molecule has 0 aromatic carbocycles. The SMILES string of the molecule is COC(OC(=O)N1CCCC1)C(C)(C)C. The lowest BCUT2D eigenvalue weighted by Gasteiger charge is -2.30. The summed E-state index contributed by atoms with van der Waals surface area (Å²) < 4.78 is 10.5. The smallest absolute Gasteiger partial charge is 0.412 e. The predicted octanol–water partition coefficient (Wildman–Crippen LogP) is 2.24. The number of ether oxygens (including phenoxy) is 2. The maximum Gasteiger partial charge on any atom is 0.412 e. The van der Waals surface area contributed by atoms with E-state index in [0.29, 0.717) is 0 Å². The number of nitrogens with zero attached hydrogens (tertiary/aromatic N) is 1. The molecule has 0 aromatic heterocycles. The summed E-state index contributed by atoms with van der Waals surface area (Å²) in [6.07, 6.45) is 1.41. The Bertz CT molecular complexity index is 216. The predicted molar refractivity (Wildman–Crippen MR) is 57.5 cm³/mol. The van der Waals surface area contributed by atoms with Crippen LogP contribution in [0.3, 0.4) is 0 Å². The van der Waals surface area contributed by atoms with E-state index in [1.807, 2.05) is 20.8 Å². The molecule has 0 bridgehead atoms. The fourth-order valence-electron chi connectivity index (χ4n) is 1.64. The molecule has 0 spiro atoms. The van der Waals surface area contributed by atoms with E-state index in [1.165, 1.54) is 0 Å². The lowest BCUT2D eigenvalue weighted by Crippen LogP contribution is -2.38. The molecule has 1 heterocycles. The molecule has 1 amide bonds. The van der Waals surface area contributed by atoms with Gasteiger partial charge in [-0.25, -0.2) is 4.79 Å². The standard InChI is InChI=1S/C11H21NO3/c1-11(2,3)9(14-4)15-10(13)12-7-5-6-8-12/h9H,5-8H2,1-4H3. The van der Waals surface area contributed by atoms with Crippen molar-refractivity contribution < 1.29 is 14.3 Å². The largest absolute Gasteiger partial charge is 0.419 e. The fraction of sp³-hybridized carbons (Fsp3) is 0.909. The Hall–Kier alpha value is -0.770. The summed E-state index contributed by atoms with van der Waals surface area (Å²) in [5.41, 5.74) is -0.190. The number of likely N-dealkylation sites (tertiary alicyclic amines) is 1. The van der Waals surface area contributed by atoms with Crippen molar-refractivity contribution >= 4 is 6.09 Å². The van der Waals surface area contributed by atoms with E-state index < -0.39 is 6.29 Å². The second kappa shape index (κ2) is 4.84. The molecule has 0 aliphatic carbocycles. The van der Waals surface area contributed by atoms with E-state index in [2.05, 4.69) is 0 Å². The number of amides is 1. The van der Waals surface area contributed by atoms with Gasteiger partial charge < -0.3 is 14.4 Å². The first-order chi connectivity index (χ1) is 6.95. The monoisotopic (exact) mass is 215 g/mol. The Morgan fingerprint density at radius 1 is 1.27 bits per heavy atom. The highest BCUT2D eigenvalue weighted by Gasteiger charge is 2.30. The summed E-state index contributed by atoms with van der Waals surface area (Å²) in [5.74, 6) is 0. The average Bonchev–Trinajstić information content (AvgIpc) is 2.64. The Balaban J connectivity index is 2.47. The maximum absolute atomic E-state index is 11.7. The normalized spacial score (nSPS) is 19.1. The van der Waals surface area contributed by atoms with Crippen molar-refractivity contribution in [3.05, 3.63) is 0 Å². The van der Waals surface area contributed by atoms with Crippen molar-refractivity contribution in [1.82, 2.24) is 4.90 Å². The molecule has 88 valence electrons. The van der Waals surface area contributed by atoms with Gasteiger partial charge in [-0.15, -0.1) is 0 Å². The van der Waals surface area contributed by atoms with Crippen LogP contribution in [-0.4, -0.2) is 37.5 Å². The molecular formula is C11H21NO3. The van der Waals surface area contributed by atoms with Crippen LogP contribution in [0.1, 0.15) is 33.6 Å². The van der Waals surface area contributed by atoms with Crippen LogP contribution in [0, 0.1) is 5.41 Å². The Morgan fingerprint density at radius 3 is 2.20 bits per heavy atom. The third-order valence-electron chi connectivity index (χ3n) is 2.49. The number of carbonyl (C=O) groups excluding carboxylic acids is 1. The van der Waals surface area contributed by atoms with Gasteiger partial charge in [0.15, 0.2) is 0 Å². The first kappa shape index (κ1) is 12.3. The zero-order valence-corrected chi connectivity index (χ0v) is 10.1. The van der Waals surface area contributed by atoms with Gasteiger partial charge in [0.2, 0.25) is 6.29 Å². The molecule has 1 saturated heterocycles. The topological polar surface area (TPSA) is 38.8 Å². The first-order valence-corrected chi connectivity index (χ1v) is 5.43. The lowest BCUT2D eigenvalue weighted by molar-refractivity contribution is -0.147. The number of hydrogen-bond acceptors (Lipinski definition) is 3. The van der Waals surface area contributed by atoms with E-state index in [9.17, 15) is 4.79 Å². The third-order valence-corrected chi connectivity index (χ3v) is 2.49. The van der Waals surface area contributed by atoms with E-state index in [4.69, 9.17) is 9.47 Å². The van der Waals surface area contributed by atoms with Crippen molar-refractivity contribution in [3.8, 4) is 0 Å². The quantitative estimate of drug-likeness (QED) is 0.663. The third kappa shape index (κ3) is 3.38. The molecule has 4 nitrogen and oxygen atoms in total. The molecule has 0 N–H and O–H groups in total. The number of carbonyl (C=O) groups is 1. The van der Waals surface area contributed by atoms with Crippen LogP contribution in [0.25, 0.3) is 0 Å². The molecule has 0 radical (unpaired) electrons. The molecule has 0 aromatic rings. The highest BCUT2D eigenvalue weighted by atomic mass is 16.7. The molecule has 15 heavy (non-hydrogen) atoms. The molecule has 1 rings (SSSR count). The fourth-order valence-corrected chi connectivity index (χ4v) is 1.64. The minimum Gasteiger partial charge on any atom is -0.419 e.